The van der Waals surface area contributed by atoms with Crippen molar-refractivity contribution in [2.45, 2.75) is 32.2 Å². The standard InChI is InChI=1S/C12H16N2O2/c1-9-8-13-6-4-11(9)14(10-2-3-10)7-5-12(15)16/h4,6,8,10H,2-3,5,7H2,1H3,(H,15,16). The number of carbonyl (C=O) groups is 1. The molecule has 0 amide bonds. The molecular formula is C12H16N2O2. The minimum absolute atomic E-state index is 0.193. The smallest absolute Gasteiger partial charge is 0.305 e. The highest BCUT2D eigenvalue weighted by atomic mass is 16.4. The minimum Gasteiger partial charge on any atom is -0.481 e. The van der Waals surface area contributed by atoms with E-state index in [0.29, 0.717) is 12.6 Å². The lowest BCUT2D eigenvalue weighted by atomic mass is 10.2. The number of aliphatic carboxylic acids is 1. The third-order valence-corrected chi connectivity index (χ3v) is 2.85. The topological polar surface area (TPSA) is 53.4 Å². The maximum absolute atomic E-state index is 10.6. The first-order valence-electron chi connectivity index (χ1n) is 5.57. The first-order valence-corrected chi connectivity index (χ1v) is 5.57. The van der Waals surface area contributed by atoms with E-state index in [2.05, 4.69) is 9.88 Å². The molecule has 0 bridgehead atoms. The molecule has 16 heavy (non-hydrogen) atoms. The monoisotopic (exact) mass is 220 g/mol. The second kappa shape index (κ2) is 4.51. The molecule has 1 heterocycles. The average molecular weight is 220 g/mol. The fraction of sp³-hybridized carbons (Fsp3) is 0.500. The van der Waals surface area contributed by atoms with Crippen LogP contribution in [-0.4, -0.2) is 28.6 Å². The molecular weight excluding hydrogens is 204 g/mol. The van der Waals surface area contributed by atoms with Gasteiger partial charge in [0.25, 0.3) is 0 Å². The molecule has 2 rings (SSSR count). The van der Waals surface area contributed by atoms with Crippen LogP contribution in [0.1, 0.15) is 24.8 Å². The molecule has 1 N–H and O–H groups in total. The first kappa shape index (κ1) is 10.9. The van der Waals surface area contributed by atoms with Gasteiger partial charge in [0.2, 0.25) is 0 Å². The van der Waals surface area contributed by atoms with Gasteiger partial charge in [0.05, 0.1) is 6.42 Å². The Bertz CT molecular complexity index is 388. The van der Waals surface area contributed by atoms with Crippen LogP contribution in [0.2, 0.25) is 0 Å². The Morgan fingerprint density at radius 1 is 1.62 bits per heavy atom. The summed E-state index contributed by atoms with van der Waals surface area (Å²) in [7, 11) is 0. The highest BCUT2D eigenvalue weighted by Crippen LogP contribution is 2.33. The molecule has 86 valence electrons. The molecule has 1 fully saturated rings. The Balaban J connectivity index is 2.12. The van der Waals surface area contributed by atoms with E-state index >= 15 is 0 Å². The van der Waals surface area contributed by atoms with Crippen molar-refractivity contribution < 1.29 is 9.90 Å². The van der Waals surface area contributed by atoms with Crippen molar-refractivity contribution in [1.29, 1.82) is 0 Å². The van der Waals surface area contributed by atoms with Gasteiger partial charge in [0.1, 0.15) is 0 Å². The van der Waals surface area contributed by atoms with Crippen LogP contribution in [0.25, 0.3) is 0 Å². The Labute approximate surface area is 94.9 Å². The van der Waals surface area contributed by atoms with E-state index in [9.17, 15) is 4.79 Å². The maximum Gasteiger partial charge on any atom is 0.305 e. The van der Waals surface area contributed by atoms with E-state index in [1.54, 1.807) is 6.20 Å². The molecule has 0 aromatic carbocycles. The van der Waals surface area contributed by atoms with Gasteiger partial charge in [-0.1, -0.05) is 0 Å². The van der Waals surface area contributed by atoms with Crippen LogP contribution in [0.3, 0.4) is 0 Å². The number of hydrogen-bond acceptors (Lipinski definition) is 3. The van der Waals surface area contributed by atoms with E-state index in [4.69, 9.17) is 5.11 Å². The summed E-state index contributed by atoms with van der Waals surface area (Å²) in [5.41, 5.74) is 2.23. The molecule has 1 aromatic heterocycles. The normalized spacial score (nSPS) is 14.8. The number of rotatable bonds is 5. The summed E-state index contributed by atoms with van der Waals surface area (Å²) in [6, 6.07) is 2.50. The highest BCUT2D eigenvalue weighted by molar-refractivity contribution is 5.68. The summed E-state index contributed by atoms with van der Waals surface area (Å²) < 4.78 is 0. The summed E-state index contributed by atoms with van der Waals surface area (Å²) >= 11 is 0. The highest BCUT2D eigenvalue weighted by Gasteiger charge is 2.30. The fourth-order valence-corrected chi connectivity index (χ4v) is 1.89. The van der Waals surface area contributed by atoms with Gasteiger partial charge in [-0.05, 0) is 31.4 Å². The largest absolute Gasteiger partial charge is 0.481 e. The average Bonchev–Trinajstić information content (AvgIpc) is 3.04. The van der Waals surface area contributed by atoms with Crippen LogP contribution in [0.5, 0.6) is 0 Å². The summed E-state index contributed by atoms with van der Waals surface area (Å²) in [6.45, 7) is 2.60. The maximum atomic E-state index is 10.6. The lowest BCUT2D eigenvalue weighted by Gasteiger charge is -2.25. The van der Waals surface area contributed by atoms with E-state index < -0.39 is 5.97 Å². The van der Waals surface area contributed by atoms with Crippen molar-refractivity contribution in [1.82, 2.24) is 4.98 Å². The molecule has 1 aliphatic rings. The lowest BCUT2D eigenvalue weighted by Crippen LogP contribution is -2.29. The number of nitrogens with zero attached hydrogens (tertiary/aromatic N) is 2. The molecule has 1 aromatic rings. The summed E-state index contributed by atoms with van der Waals surface area (Å²) in [4.78, 5) is 16.9. The van der Waals surface area contributed by atoms with Gasteiger partial charge in [0, 0.05) is 30.7 Å². The summed E-state index contributed by atoms with van der Waals surface area (Å²) in [5, 5.41) is 8.74. The predicted molar refractivity (Wildman–Crippen MR) is 61.6 cm³/mol. The van der Waals surface area contributed by atoms with Crippen LogP contribution < -0.4 is 4.90 Å². The van der Waals surface area contributed by atoms with Gasteiger partial charge >= 0.3 is 5.97 Å². The SMILES string of the molecule is Cc1cnccc1N(CCC(=O)O)C1CC1. The van der Waals surface area contributed by atoms with Gasteiger partial charge in [0.15, 0.2) is 0 Å². The minimum atomic E-state index is -0.739. The Hall–Kier alpha value is -1.58. The Morgan fingerprint density at radius 2 is 2.38 bits per heavy atom. The number of carboxylic acid groups (broad SMARTS) is 1. The van der Waals surface area contributed by atoms with Crippen molar-refractivity contribution in [3.05, 3.63) is 24.0 Å². The van der Waals surface area contributed by atoms with Gasteiger partial charge in [-0.25, -0.2) is 0 Å². The second-order valence-electron chi connectivity index (χ2n) is 4.23. The van der Waals surface area contributed by atoms with E-state index in [0.717, 1.165) is 11.3 Å². The summed E-state index contributed by atoms with van der Waals surface area (Å²) in [6.07, 6.45) is 6.12. The molecule has 1 saturated carbocycles. The van der Waals surface area contributed by atoms with Crippen LogP contribution in [-0.2, 0) is 4.79 Å². The van der Waals surface area contributed by atoms with Gasteiger partial charge in [-0.2, -0.15) is 0 Å². The second-order valence-corrected chi connectivity index (χ2v) is 4.23. The number of hydrogen-bond donors (Lipinski definition) is 1. The van der Waals surface area contributed by atoms with Crippen LogP contribution >= 0.6 is 0 Å². The van der Waals surface area contributed by atoms with E-state index in [1.807, 2.05) is 19.2 Å². The zero-order valence-electron chi connectivity index (χ0n) is 9.39. The first-order chi connectivity index (χ1) is 7.68. The van der Waals surface area contributed by atoms with Crippen molar-refractivity contribution in [2.24, 2.45) is 0 Å². The van der Waals surface area contributed by atoms with Crippen LogP contribution in [0, 0.1) is 6.92 Å². The quantitative estimate of drug-likeness (QED) is 0.822. The van der Waals surface area contributed by atoms with Crippen molar-refractivity contribution >= 4 is 11.7 Å². The third kappa shape index (κ3) is 2.51. The number of anilines is 1. The lowest BCUT2D eigenvalue weighted by molar-refractivity contribution is -0.136. The number of carboxylic acids is 1. The predicted octanol–water partition coefficient (Wildman–Crippen LogP) is 1.83. The molecule has 0 radical (unpaired) electrons. The van der Waals surface area contributed by atoms with Gasteiger partial charge < -0.3 is 10.0 Å². The molecule has 0 saturated heterocycles. The van der Waals surface area contributed by atoms with Crippen molar-refractivity contribution in [3.63, 3.8) is 0 Å². The number of pyridine rings is 1. The van der Waals surface area contributed by atoms with Crippen LogP contribution in [0.15, 0.2) is 18.5 Å². The fourth-order valence-electron chi connectivity index (χ4n) is 1.89. The molecule has 4 nitrogen and oxygen atoms in total. The molecule has 0 aliphatic heterocycles. The Morgan fingerprint density at radius 3 is 2.94 bits per heavy atom. The van der Waals surface area contributed by atoms with Crippen molar-refractivity contribution in [2.75, 3.05) is 11.4 Å². The van der Waals surface area contributed by atoms with Gasteiger partial charge in [-0.3, -0.25) is 9.78 Å². The van der Waals surface area contributed by atoms with Gasteiger partial charge in [-0.15, -0.1) is 0 Å². The third-order valence-electron chi connectivity index (χ3n) is 2.85. The Kier molecular flexibility index (Phi) is 3.08. The molecule has 1 aliphatic carbocycles. The summed E-state index contributed by atoms with van der Waals surface area (Å²) in [5.74, 6) is -0.739. The zero-order chi connectivity index (χ0) is 11.5. The molecule has 4 heteroatoms. The van der Waals surface area contributed by atoms with E-state index in [1.165, 1.54) is 12.8 Å². The molecule has 0 spiro atoms. The van der Waals surface area contributed by atoms with Crippen molar-refractivity contribution in [3.8, 4) is 0 Å². The molecule has 0 unspecified atom stereocenters. The zero-order valence-corrected chi connectivity index (χ0v) is 9.39. The van der Waals surface area contributed by atoms with E-state index in [-0.39, 0.29) is 6.42 Å². The number of aromatic nitrogens is 1. The number of aryl methyl sites for hydroxylation is 1. The molecule has 0 atom stereocenters. The van der Waals surface area contributed by atoms with Crippen LogP contribution in [0.4, 0.5) is 5.69 Å².